The molecule has 0 saturated carbocycles. The fraction of sp³-hybridized carbons (Fsp3) is 0.500. The van der Waals surface area contributed by atoms with Gasteiger partial charge >= 0.3 is 0 Å². The fourth-order valence-corrected chi connectivity index (χ4v) is 1.76. The molecule has 0 amide bonds. The zero-order valence-corrected chi connectivity index (χ0v) is 8.76. The van der Waals surface area contributed by atoms with Crippen molar-refractivity contribution in [1.29, 1.82) is 0 Å². The predicted octanol–water partition coefficient (Wildman–Crippen LogP) is 1.19. The van der Waals surface area contributed by atoms with E-state index in [1.54, 1.807) is 5.01 Å². The quantitative estimate of drug-likeness (QED) is 0.682. The van der Waals surface area contributed by atoms with E-state index in [2.05, 4.69) is 21.2 Å². The van der Waals surface area contributed by atoms with Crippen molar-refractivity contribution in [1.82, 2.24) is 9.99 Å². The standard InChI is InChI=1S/C10H14N4O/c1-9-8-10(2-3-11-9)13-4-6-14(12-15)7-5-13/h2-3,8H,4-7H2,1H3. The first kappa shape index (κ1) is 9.89. The Hall–Kier alpha value is -1.65. The van der Waals surface area contributed by atoms with Crippen molar-refractivity contribution in [2.45, 2.75) is 6.92 Å². The number of aromatic nitrogens is 1. The Morgan fingerprint density at radius 1 is 1.33 bits per heavy atom. The lowest BCUT2D eigenvalue weighted by molar-refractivity contribution is 0.267. The largest absolute Gasteiger partial charge is 0.368 e. The Morgan fingerprint density at radius 2 is 2.07 bits per heavy atom. The summed E-state index contributed by atoms with van der Waals surface area (Å²) in [6.07, 6.45) is 1.81. The molecule has 2 rings (SSSR count). The molecule has 80 valence electrons. The Bertz CT molecular complexity index is 347. The third kappa shape index (κ3) is 2.23. The summed E-state index contributed by atoms with van der Waals surface area (Å²) in [4.78, 5) is 16.7. The monoisotopic (exact) mass is 206 g/mol. The Labute approximate surface area is 88.7 Å². The molecule has 1 aliphatic heterocycles. The van der Waals surface area contributed by atoms with Gasteiger partial charge in [-0.15, -0.1) is 4.91 Å². The molecule has 0 bridgehead atoms. The SMILES string of the molecule is Cc1cc(N2CCN(N=O)CC2)ccn1. The summed E-state index contributed by atoms with van der Waals surface area (Å²) in [7, 11) is 0. The van der Waals surface area contributed by atoms with E-state index in [0.29, 0.717) is 13.1 Å². The van der Waals surface area contributed by atoms with Crippen LogP contribution in [0.4, 0.5) is 5.69 Å². The van der Waals surface area contributed by atoms with Gasteiger partial charge in [-0.05, 0) is 19.1 Å². The number of nitrogens with zero attached hydrogens (tertiary/aromatic N) is 4. The van der Waals surface area contributed by atoms with Crippen molar-refractivity contribution >= 4 is 5.69 Å². The number of piperazine rings is 1. The molecule has 0 N–H and O–H groups in total. The van der Waals surface area contributed by atoms with E-state index in [-0.39, 0.29) is 0 Å². The predicted molar refractivity (Wildman–Crippen MR) is 58.6 cm³/mol. The van der Waals surface area contributed by atoms with E-state index in [4.69, 9.17) is 0 Å². The minimum absolute atomic E-state index is 0.699. The third-order valence-corrected chi connectivity index (χ3v) is 2.62. The molecular weight excluding hydrogens is 192 g/mol. The molecule has 0 aromatic carbocycles. The molecule has 0 unspecified atom stereocenters. The van der Waals surface area contributed by atoms with Gasteiger partial charge in [-0.2, -0.15) is 0 Å². The number of hydrogen-bond acceptors (Lipinski definition) is 4. The number of anilines is 1. The number of nitroso groups, excluding NO2 is 1. The van der Waals surface area contributed by atoms with Gasteiger partial charge in [-0.25, -0.2) is 0 Å². The Balaban J connectivity index is 2.04. The minimum Gasteiger partial charge on any atom is -0.368 e. The van der Waals surface area contributed by atoms with E-state index in [1.165, 1.54) is 5.69 Å². The average Bonchev–Trinajstić information content (AvgIpc) is 2.29. The first-order valence-corrected chi connectivity index (χ1v) is 5.05. The van der Waals surface area contributed by atoms with Crippen LogP contribution in [0.1, 0.15) is 5.69 Å². The van der Waals surface area contributed by atoms with Crippen LogP contribution in [0.2, 0.25) is 0 Å². The van der Waals surface area contributed by atoms with Gasteiger partial charge in [0, 0.05) is 30.7 Å². The highest BCUT2D eigenvalue weighted by Gasteiger charge is 2.16. The Kier molecular flexibility index (Phi) is 2.80. The topological polar surface area (TPSA) is 48.8 Å². The first-order valence-electron chi connectivity index (χ1n) is 5.05. The zero-order chi connectivity index (χ0) is 10.7. The van der Waals surface area contributed by atoms with Gasteiger partial charge in [0.15, 0.2) is 0 Å². The fourth-order valence-electron chi connectivity index (χ4n) is 1.76. The molecule has 2 heterocycles. The molecule has 1 aromatic heterocycles. The van der Waals surface area contributed by atoms with Crippen LogP contribution >= 0.6 is 0 Å². The van der Waals surface area contributed by atoms with Crippen molar-refractivity contribution in [3.8, 4) is 0 Å². The maximum atomic E-state index is 10.3. The van der Waals surface area contributed by atoms with Gasteiger partial charge < -0.3 is 4.90 Å². The molecule has 0 aliphatic carbocycles. The molecule has 0 atom stereocenters. The smallest absolute Gasteiger partial charge is 0.0568 e. The van der Waals surface area contributed by atoms with E-state index in [9.17, 15) is 4.91 Å². The molecule has 1 saturated heterocycles. The van der Waals surface area contributed by atoms with Gasteiger partial charge in [0.25, 0.3) is 0 Å². The van der Waals surface area contributed by atoms with Crippen LogP contribution in [0, 0.1) is 11.8 Å². The van der Waals surface area contributed by atoms with Crippen molar-refractivity contribution < 1.29 is 0 Å². The maximum absolute atomic E-state index is 10.3. The number of aryl methyl sites for hydroxylation is 1. The summed E-state index contributed by atoms with van der Waals surface area (Å²) >= 11 is 0. The van der Waals surface area contributed by atoms with Crippen molar-refractivity contribution in [2.24, 2.45) is 5.29 Å². The summed E-state index contributed by atoms with van der Waals surface area (Å²) in [5.41, 5.74) is 2.19. The first-order chi connectivity index (χ1) is 7.29. The van der Waals surface area contributed by atoms with Crippen molar-refractivity contribution in [3.63, 3.8) is 0 Å². The van der Waals surface area contributed by atoms with Gasteiger partial charge in [0.05, 0.1) is 18.4 Å². The number of rotatable bonds is 2. The van der Waals surface area contributed by atoms with Crippen LogP contribution < -0.4 is 4.90 Å². The second kappa shape index (κ2) is 4.25. The van der Waals surface area contributed by atoms with Gasteiger partial charge in [0.1, 0.15) is 0 Å². The lowest BCUT2D eigenvalue weighted by Crippen LogP contribution is -2.43. The van der Waals surface area contributed by atoms with Crippen molar-refractivity contribution in [2.75, 3.05) is 31.1 Å². The van der Waals surface area contributed by atoms with Gasteiger partial charge in [0.2, 0.25) is 0 Å². The summed E-state index contributed by atoms with van der Waals surface area (Å²) in [5.74, 6) is 0. The molecular formula is C10H14N4O. The number of hydrogen-bond donors (Lipinski definition) is 0. The number of pyridine rings is 1. The average molecular weight is 206 g/mol. The van der Waals surface area contributed by atoms with Crippen molar-refractivity contribution in [3.05, 3.63) is 28.9 Å². The molecule has 1 aliphatic rings. The molecule has 5 nitrogen and oxygen atoms in total. The third-order valence-electron chi connectivity index (χ3n) is 2.62. The molecule has 5 heteroatoms. The van der Waals surface area contributed by atoms with Crippen LogP contribution in [-0.2, 0) is 0 Å². The highest BCUT2D eigenvalue weighted by Crippen LogP contribution is 2.16. The van der Waals surface area contributed by atoms with Crippen LogP contribution in [0.3, 0.4) is 0 Å². The summed E-state index contributed by atoms with van der Waals surface area (Å²) in [6, 6.07) is 4.06. The normalized spacial score (nSPS) is 16.6. The second-order valence-corrected chi connectivity index (χ2v) is 3.68. The molecule has 1 fully saturated rings. The van der Waals surface area contributed by atoms with Crippen LogP contribution in [0.15, 0.2) is 23.6 Å². The summed E-state index contributed by atoms with van der Waals surface area (Å²) < 4.78 is 0. The van der Waals surface area contributed by atoms with E-state index in [0.717, 1.165) is 18.8 Å². The van der Waals surface area contributed by atoms with Crippen LogP contribution in [0.25, 0.3) is 0 Å². The molecule has 0 radical (unpaired) electrons. The van der Waals surface area contributed by atoms with Crippen LogP contribution in [-0.4, -0.2) is 36.2 Å². The summed E-state index contributed by atoms with van der Waals surface area (Å²) in [6.45, 7) is 5.06. The van der Waals surface area contributed by atoms with Gasteiger partial charge in [-0.1, -0.05) is 0 Å². The van der Waals surface area contributed by atoms with E-state index >= 15 is 0 Å². The molecule has 0 spiro atoms. The lowest BCUT2D eigenvalue weighted by atomic mass is 10.2. The highest BCUT2D eigenvalue weighted by atomic mass is 16.3. The molecule has 15 heavy (non-hydrogen) atoms. The van der Waals surface area contributed by atoms with E-state index < -0.39 is 0 Å². The summed E-state index contributed by atoms with van der Waals surface area (Å²) in [5, 5.41) is 4.50. The van der Waals surface area contributed by atoms with Gasteiger partial charge in [-0.3, -0.25) is 9.99 Å². The van der Waals surface area contributed by atoms with Crippen LogP contribution in [0.5, 0.6) is 0 Å². The zero-order valence-electron chi connectivity index (χ0n) is 8.76. The minimum atomic E-state index is 0.699. The molecule has 1 aromatic rings. The highest BCUT2D eigenvalue weighted by molar-refractivity contribution is 5.46. The lowest BCUT2D eigenvalue weighted by Gasteiger charge is -2.32. The Morgan fingerprint density at radius 3 is 2.67 bits per heavy atom. The maximum Gasteiger partial charge on any atom is 0.0568 e. The van der Waals surface area contributed by atoms with E-state index in [1.807, 2.05) is 19.2 Å². The second-order valence-electron chi connectivity index (χ2n) is 3.68.